The zero-order valence-electron chi connectivity index (χ0n) is 5.48. The van der Waals surface area contributed by atoms with E-state index >= 15 is 0 Å². The number of hydrogen-bond donors (Lipinski definition) is 0. The lowest BCUT2D eigenvalue weighted by atomic mass is 10.0. The zero-order chi connectivity index (χ0) is 6.57. The molecule has 0 fully saturated rings. The van der Waals surface area contributed by atoms with Gasteiger partial charge in [-0.1, -0.05) is 20.4 Å². The van der Waals surface area contributed by atoms with E-state index in [9.17, 15) is 4.79 Å². The summed E-state index contributed by atoms with van der Waals surface area (Å²) in [6.07, 6.45) is 1.83. The average Bonchev–Trinajstić information content (AvgIpc) is 1.84. The number of carbonyl (C=O) groups excluding carboxylic acids is 1. The minimum Gasteiger partial charge on any atom is -0.298 e. The molecule has 0 aliphatic rings. The van der Waals surface area contributed by atoms with Crippen LogP contribution in [0, 0.1) is 5.92 Å². The SMILES string of the molecule is C=C(C=O)[C@@H](C)CC. The number of aldehydes is 1. The van der Waals surface area contributed by atoms with Crippen molar-refractivity contribution in [1.29, 1.82) is 0 Å². The third kappa shape index (κ3) is 1.92. The fraction of sp³-hybridized carbons (Fsp3) is 0.571. The van der Waals surface area contributed by atoms with Crippen LogP contribution in [0.15, 0.2) is 12.2 Å². The van der Waals surface area contributed by atoms with Crippen molar-refractivity contribution in [3.05, 3.63) is 12.2 Å². The molecule has 0 aromatic heterocycles. The Bertz CT molecular complexity index is 94.6. The molecule has 1 heteroatoms. The van der Waals surface area contributed by atoms with Crippen molar-refractivity contribution in [1.82, 2.24) is 0 Å². The molecule has 0 heterocycles. The largest absolute Gasteiger partial charge is 0.298 e. The Balaban J connectivity index is 3.62. The Morgan fingerprint density at radius 3 is 2.50 bits per heavy atom. The highest BCUT2D eigenvalue weighted by molar-refractivity contribution is 5.72. The Kier molecular flexibility index (Phi) is 3.16. The summed E-state index contributed by atoms with van der Waals surface area (Å²) in [4.78, 5) is 10.0. The van der Waals surface area contributed by atoms with Gasteiger partial charge in [0, 0.05) is 0 Å². The zero-order valence-corrected chi connectivity index (χ0v) is 5.48. The fourth-order valence-corrected chi connectivity index (χ4v) is 0.378. The lowest BCUT2D eigenvalue weighted by Crippen LogP contribution is -1.95. The van der Waals surface area contributed by atoms with Crippen LogP contribution in [0.3, 0.4) is 0 Å². The smallest absolute Gasteiger partial charge is 0.145 e. The maximum Gasteiger partial charge on any atom is 0.145 e. The predicted molar refractivity (Wildman–Crippen MR) is 34.7 cm³/mol. The van der Waals surface area contributed by atoms with Gasteiger partial charge >= 0.3 is 0 Å². The Morgan fingerprint density at radius 2 is 2.38 bits per heavy atom. The molecule has 0 amide bonds. The highest BCUT2D eigenvalue weighted by atomic mass is 16.1. The number of rotatable bonds is 3. The van der Waals surface area contributed by atoms with Gasteiger partial charge in [0.1, 0.15) is 6.29 Å². The summed E-state index contributed by atoms with van der Waals surface area (Å²) in [5.74, 6) is 0.354. The minimum atomic E-state index is 0.354. The summed E-state index contributed by atoms with van der Waals surface area (Å²) >= 11 is 0. The topological polar surface area (TPSA) is 17.1 Å². The first-order valence-corrected chi connectivity index (χ1v) is 2.86. The number of allylic oxidation sites excluding steroid dienone is 1. The van der Waals surface area contributed by atoms with Gasteiger partial charge < -0.3 is 0 Å². The minimum absolute atomic E-state index is 0.354. The third-order valence-corrected chi connectivity index (χ3v) is 1.40. The fourth-order valence-electron chi connectivity index (χ4n) is 0.378. The van der Waals surface area contributed by atoms with Gasteiger partial charge in [0.05, 0.1) is 0 Å². The van der Waals surface area contributed by atoms with E-state index in [0.717, 1.165) is 12.7 Å². The van der Waals surface area contributed by atoms with Crippen molar-refractivity contribution < 1.29 is 4.79 Å². The third-order valence-electron chi connectivity index (χ3n) is 1.40. The molecule has 0 rings (SSSR count). The van der Waals surface area contributed by atoms with Crippen LogP contribution in [0.2, 0.25) is 0 Å². The van der Waals surface area contributed by atoms with Crippen LogP contribution in [0.25, 0.3) is 0 Å². The van der Waals surface area contributed by atoms with Crippen LogP contribution < -0.4 is 0 Å². The van der Waals surface area contributed by atoms with E-state index in [2.05, 4.69) is 6.58 Å². The molecule has 0 radical (unpaired) electrons. The maximum atomic E-state index is 10.0. The Morgan fingerprint density at radius 1 is 1.88 bits per heavy atom. The molecule has 0 aromatic carbocycles. The van der Waals surface area contributed by atoms with Gasteiger partial charge in [0.2, 0.25) is 0 Å². The van der Waals surface area contributed by atoms with Gasteiger partial charge in [-0.2, -0.15) is 0 Å². The Hall–Kier alpha value is -0.590. The average molecular weight is 112 g/mol. The summed E-state index contributed by atoms with van der Waals surface area (Å²) in [5.41, 5.74) is 0.701. The molecule has 0 aliphatic heterocycles. The van der Waals surface area contributed by atoms with Crippen LogP contribution in [-0.4, -0.2) is 6.29 Å². The van der Waals surface area contributed by atoms with Gasteiger partial charge in [0.25, 0.3) is 0 Å². The highest BCUT2D eigenvalue weighted by Gasteiger charge is 1.99. The summed E-state index contributed by atoms with van der Waals surface area (Å²) in [6, 6.07) is 0. The van der Waals surface area contributed by atoms with Crippen LogP contribution in [0.5, 0.6) is 0 Å². The van der Waals surface area contributed by atoms with E-state index in [-0.39, 0.29) is 0 Å². The number of hydrogen-bond acceptors (Lipinski definition) is 1. The van der Waals surface area contributed by atoms with Gasteiger partial charge in [-0.25, -0.2) is 0 Å². The van der Waals surface area contributed by atoms with Crippen molar-refractivity contribution in [3.8, 4) is 0 Å². The normalized spacial score (nSPS) is 12.8. The summed E-state index contributed by atoms with van der Waals surface area (Å²) in [6.45, 7) is 7.61. The van der Waals surface area contributed by atoms with Crippen LogP contribution in [0.1, 0.15) is 20.3 Å². The van der Waals surface area contributed by atoms with Crippen molar-refractivity contribution in [2.45, 2.75) is 20.3 Å². The van der Waals surface area contributed by atoms with E-state index in [1.54, 1.807) is 0 Å². The molecule has 0 bridgehead atoms. The second kappa shape index (κ2) is 3.42. The second-order valence-electron chi connectivity index (χ2n) is 2.00. The second-order valence-corrected chi connectivity index (χ2v) is 2.00. The van der Waals surface area contributed by atoms with Crippen LogP contribution in [-0.2, 0) is 4.79 Å². The molecule has 1 atom stereocenters. The molecule has 0 saturated carbocycles. The van der Waals surface area contributed by atoms with E-state index in [1.807, 2.05) is 13.8 Å². The van der Waals surface area contributed by atoms with Gasteiger partial charge in [0.15, 0.2) is 0 Å². The van der Waals surface area contributed by atoms with E-state index in [0.29, 0.717) is 11.5 Å². The first-order chi connectivity index (χ1) is 3.72. The quantitative estimate of drug-likeness (QED) is 0.402. The molecule has 8 heavy (non-hydrogen) atoms. The first-order valence-electron chi connectivity index (χ1n) is 2.86. The van der Waals surface area contributed by atoms with Crippen LogP contribution >= 0.6 is 0 Å². The number of carbonyl (C=O) groups is 1. The summed E-state index contributed by atoms with van der Waals surface area (Å²) < 4.78 is 0. The van der Waals surface area contributed by atoms with Crippen molar-refractivity contribution in [2.24, 2.45) is 5.92 Å². The molecular formula is C7H12O. The monoisotopic (exact) mass is 112 g/mol. The lowest BCUT2D eigenvalue weighted by molar-refractivity contribution is -0.105. The lowest BCUT2D eigenvalue weighted by Gasteiger charge is -2.02. The molecule has 1 nitrogen and oxygen atoms in total. The standard InChI is InChI=1S/C7H12O/c1-4-6(2)7(3)5-8/h5-6H,3-4H2,1-2H3/t6-/m0/s1. The molecule has 0 spiro atoms. The molecule has 0 unspecified atom stereocenters. The van der Waals surface area contributed by atoms with Crippen molar-refractivity contribution >= 4 is 6.29 Å². The van der Waals surface area contributed by atoms with Gasteiger partial charge in [-0.3, -0.25) is 4.79 Å². The molecular weight excluding hydrogens is 100 g/mol. The van der Waals surface area contributed by atoms with E-state index < -0.39 is 0 Å². The Labute approximate surface area is 50.4 Å². The maximum absolute atomic E-state index is 10.0. The molecule has 0 N–H and O–H groups in total. The van der Waals surface area contributed by atoms with E-state index in [1.165, 1.54) is 0 Å². The molecule has 0 aromatic rings. The van der Waals surface area contributed by atoms with Crippen molar-refractivity contribution in [3.63, 3.8) is 0 Å². The summed E-state index contributed by atoms with van der Waals surface area (Å²) in [7, 11) is 0. The predicted octanol–water partition coefficient (Wildman–Crippen LogP) is 1.79. The summed E-state index contributed by atoms with van der Waals surface area (Å²) in [5, 5.41) is 0. The van der Waals surface area contributed by atoms with Gasteiger partial charge in [-0.15, -0.1) is 0 Å². The molecule has 46 valence electrons. The van der Waals surface area contributed by atoms with Crippen LogP contribution in [0.4, 0.5) is 0 Å². The first kappa shape index (κ1) is 7.41. The van der Waals surface area contributed by atoms with Gasteiger partial charge in [-0.05, 0) is 17.9 Å². The molecule has 0 aliphatic carbocycles. The van der Waals surface area contributed by atoms with E-state index in [4.69, 9.17) is 0 Å². The van der Waals surface area contributed by atoms with Crippen molar-refractivity contribution in [2.75, 3.05) is 0 Å². The highest BCUT2D eigenvalue weighted by Crippen LogP contribution is 2.08. The molecule has 0 saturated heterocycles.